The predicted octanol–water partition coefficient (Wildman–Crippen LogP) is 3.06. The molecule has 1 aromatic rings. The van der Waals surface area contributed by atoms with Gasteiger partial charge in [0.15, 0.2) is 0 Å². The first-order chi connectivity index (χ1) is 12.7. The second-order valence-corrected chi connectivity index (χ2v) is 7.49. The number of ether oxygens (including phenoxy) is 3. The summed E-state index contributed by atoms with van der Waals surface area (Å²) < 4.78 is 16.6. The largest absolute Gasteiger partial charge is 0.384 e. The van der Waals surface area contributed by atoms with E-state index in [9.17, 15) is 4.79 Å². The zero-order valence-electron chi connectivity index (χ0n) is 15.7. The molecule has 1 N–H and O–H groups in total. The van der Waals surface area contributed by atoms with E-state index in [1.165, 1.54) is 0 Å². The van der Waals surface area contributed by atoms with Crippen LogP contribution in [0, 0.1) is 11.8 Å². The number of benzene rings is 1. The average Bonchev–Trinajstić information content (AvgIpc) is 3.15. The Morgan fingerprint density at radius 3 is 2.81 bits per heavy atom. The highest BCUT2D eigenvalue weighted by Crippen LogP contribution is 2.31. The lowest BCUT2D eigenvalue weighted by Gasteiger charge is -2.22. The smallest absolute Gasteiger partial charge is 0.223 e. The summed E-state index contributed by atoms with van der Waals surface area (Å²) >= 11 is 0. The molecule has 2 fully saturated rings. The molecule has 5 nitrogen and oxygen atoms in total. The summed E-state index contributed by atoms with van der Waals surface area (Å²) in [5.74, 6) is 0.837. The van der Waals surface area contributed by atoms with E-state index < -0.39 is 0 Å². The van der Waals surface area contributed by atoms with Crippen molar-refractivity contribution in [2.75, 3.05) is 26.9 Å². The molecule has 0 aromatic heterocycles. The molecular formula is C21H31NO4. The Hall–Kier alpha value is -1.43. The minimum absolute atomic E-state index is 0.134. The van der Waals surface area contributed by atoms with Gasteiger partial charge in [0.2, 0.25) is 5.91 Å². The fourth-order valence-corrected chi connectivity index (χ4v) is 3.92. The van der Waals surface area contributed by atoms with Gasteiger partial charge >= 0.3 is 0 Å². The van der Waals surface area contributed by atoms with E-state index in [2.05, 4.69) is 23.5 Å². The van der Waals surface area contributed by atoms with Crippen LogP contribution in [0.4, 0.5) is 0 Å². The van der Waals surface area contributed by atoms with Gasteiger partial charge in [-0.3, -0.25) is 4.79 Å². The van der Waals surface area contributed by atoms with Crippen LogP contribution in [0.1, 0.15) is 43.2 Å². The quantitative estimate of drug-likeness (QED) is 0.773. The maximum atomic E-state index is 12.4. The maximum absolute atomic E-state index is 12.4. The Morgan fingerprint density at radius 1 is 1.19 bits per heavy atom. The molecule has 0 radical (unpaired) electrons. The van der Waals surface area contributed by atoms with Crippen LogP contribution >= 0.6 is 0 Å². The zero-order valence-corrected chi connectivity index (χ0v) is 15.7. The minimum Gasteiger partial charge on any atom is -0.384 e. The fraction of sp³-hybridized carbons (Fsp3) is 0.667. The average molecular weight is 361 g/mol. The number of nitrogens with one attached hydrogen (secondary N) is 1. The van der Waals surface area contributed by atoms with Crippen LogP contribution in [0.15, 0.2) is 24.3 Å². The van der Waals surface area contributed by atoms with Crippen LogP contribution in [0.3, 0.4) is 0 Å². The number of hydrogen-bond acceptors (Lipinski definition) is 4. The molecule has 0 unspecified atom stereocenters. The van der Waals surface area contributed by atoms with E-state index >= 15 is 0 Å². The van der Waals surface area contributed by atoms with Gasteiger partial charge in [0, 0.05) is 39.4 Å². The molecule has 26 heavy (non-hydrogen) atoms. The number of carbonyl (C=O) groups is 1. The first-order valence-corrected chi connectivity index (χ1v) is 9.78. The van der Waals surface area contributed by atoms with Gasteiger partial charge in [0.1, 0.15) is 0 Å². The third kappa shape index (κ3) is 5.79. The summed E-state index contributed by atoms with van der Waals surface area (Å²) in [7, 11) is 1.73. The van der Waals surface area contributed by atoms with Crippen molar-refractivity contribution in [1.82, 2.24) is 5.32 Å². The monoisotopic (exact) mass is 361 g/mol. The van der Waals surface area contributed by atoms with Gasteiger partial charge in [-0.2, -0.15) is 0 Å². The minimum atomic E-state index is 0.134. The second kappa shape index (κ2) is 10.0. The maximum Gasteiger partial charge on any atom is 0.223 e. The summed E-state index contributed by atoms with van der Waals surface area (Å²) in [4.78, 5) is 12.4. The molecule has 1 saturated heterocycles. The predicted molar refractivity (Wildman–Crippen MR) is 99.6 cm³/mol. The summed E-state index contributed by atoms with van der Waals surface area (Å²) in [5.41, 5.74) is 2.28. The van der Waals surface area contributed by atoms with Crippen molar-refractivity contribution in [3.63, 3.8) is 0 Å². The topological polar surface area (TPSA) is 56.8 Å². The van der Waals surface area contributed by atoms with Gasteiger partial charge < -0.3 is 19.5 Å². The Labute approximate surface area is 156 Å². The molecule has 0 bridgehead atoms. The molecule has 2 aliphatic rings. The van der Waals surface area contributed by atoms with Crippen LogP contribution in [0.2, 0.25) is 0 Å². The van der Waals surface area contributed by atoms with Crippen LogP contribution in [-0.4, -0.2) is 38.9 Å². The normalized spacial score (nSPS) is 23.9. The van der Waals surface area contributed by atoms with Crippen molar-refractivity contribution in [2.24, 2.45) is 11.8 Å². The van der Waals surface area contributed by atoms with Gasteiger partial charge in [0.05, 0.1) is 12.7 Å². The number of methoxy groups -OCH3 is 1. The molecule has 144 valence electrons. The molecule has 2 atom stereocenters. The molecule has 1 aliphatic carbocycles. The van der Waals surface area contributed by atoms with Crippen molar-refractivity contribution < 1.29 is 19.0 Å². The van der Waals surface area contributed by atoms with Crippen molar-refractivity contribution in [3.05, 3.63) is 35.4 Å². The van der Waals surface area contributed by atoms with Gasteiger partial charge in [-0.15, -0.1) is 0 Å². The Kier molecular flexibility index (Phi) is 7.47. The van der Waals surface area contributed by atoms with E-state index in [0.717, 1.165) is 63.1 Å². The molecule has 0 spiro atoms. The Balaban J connectivity index is 1.42. The van der Waals surface area contributed by atoms with Crippen LogP contribution in [0.5, 0.6) is 0 Å². The van der Waals surface area contributed by atoms with Gasteiger partial charge in [0.25, 0.3) is 0 Å². The fourth-order valence-electron chi connectivity index (χ4n) is 3.92. The lowest BCUT2D eigenvalue weighted by Crippen LogP contribution is -2.29. The van der Waals surface area contributed by atoms with Crippen molar-refractivity contribution in [3.8, 4) is 0 Å². The summed E-state index contributed by atoms with van der Waals surface area (Å²) in [6, 6.07) is 8.30. The highest BCUT2D eigenvalue weighted by atomic mass is 16.5. The van der Waals surface area contributed by atoms with Crippen molar-refractivity contribution >= 4 is 5.91 Å². The third-order valence-electron chi connectivity index (χ3n) is 5.43. The molecular weight excluding hydrogens is 330 g/mol. The number of amides is 1. The number of carbonyl (C=O) groups excluding carboxylic acids is 1. The van der Waals surface area contributed by atoms with Gasteiger partial charge in [-0.25, -0.2) is 0 Å². The van der Waals surface area contributed by atoms with Crippen LogP contribution in [-0.2, 0) is 32.2 Å². The Bertz CT molecular complexity index is 571. The first-order valence-electron chi connectivity index (χ1n) is 9.78. The molecule has 1 saturated carbocycles. The highest BCUT2D eigenvalue weighted by Gasteiger charge is 2.29. The molecule has 1 heterocycles. The van der Waals surface area contributed by atoms with Crippen LogP contribution in [0.25, 0.3) is 0 Å². The van der Waals surface area contributed by atoms with E-state index in [4.69, 9.17) is 14.2 Å². The molecule has 1 amide bonds. The Morgan fingerprint density at radius 2 is 2.00 bits per heavy atom. The first kappa shape index (κ1) is 19.3. The highest BCUT2D eigenvalue weighted by molar-refractivity contribution is 5.78. The number of rotatable bonds is 8. The lowest BCUT2D eigenvalue weighted by molar-refractivity contribution is -0.125. The molecule has 1 aliphatic heterocycles. The molecule has 1 aromatic carbocycles. The van der Waals surface area contributed by atoms with Gasteiger partial charge in [-0.1, -0.05) is 24.3 Å². The summed E-state index contributed by atoms with van der Waals surface area (Å²) in [6.45, 7) is 3.55. The number of hydrogen-bond donors (Lipinski definition) is 1. The summed E-state index contributed by atoms with van der Waals surface area (Å²) in [6.07, 6.45) is 5.25. The molecule has 5 heteroatoms. The summed E-state index contributed by atoms with van der Waals surface area (Å²) in [5, 5.41) is 3.10. The van der Waals surface area contributed by atoms with Crippen molar-refractivity contribution in [1.29, 1.82) is 0 Å². The van der Waals surface area contributed by atoms with Crippen molar-refractivity contribution in [2.45, 2.75) is 51.4 Å². The molecule has 3 rings (SSSR count). The lowest BCUT2D eigenvalue weighted by atomic mass is 10.0. The van der Waals surface area contributed by atoms with Crippen LogP contribution < -0.4 is 5.32 Å². The zero-order chi connectivity index (χ0) is 18.2. The SMILES string of the molecule is COC[C@@H]1CC[C@H](C(=O)NCc2cccc(COC3CCOCC3)c2)C1. The standard InChI is InChI=1S/C21H31NO4/c1-24-14-18-5-6-19(12-18)21(23)22-13-16-3-2-4-17(11-16)15-26-20-7-9-25-10-8-20/h2-4,11,18-20H,5-10,12-15H2,1H3,(H,22,23)/t18-,19+/m1/s1. The van der Waals surface area contributed by atoms with E-state index in [1.807, 2.05) is 6.07 Å². The van der Waals surface area contributed by atoms with E-state index in [1.54, 1.807) is 7.11 Å². The van der Waals surface area contributed by atoms with Gasteiger partial charge in [-0.05, 0) is 49.1 Å². The third-order valence-corrected chi connectivity index (χ3v) is 5.43. The second-order valence-electron chi connectivity index (χ2n) is 7.49. The van der Waals surface area contributed by atoms with E-state index in [0.29, 0.717) is 25.2 Å². The van der Waals surface area contributed by atoms with E-state index in [-0.39, 0.29) is 11.8 Å².